The van der Waals surface area contributed by atoms with Gasteiger partial charge >= 0.3 is 0 Å². The van der Waals surface area contributed by atoms with Crippen LogP contribution in [0.2, 0.25) is 0 Å². The fourth-order valence-corrected chi connectivity index (χ4v) is 1.66. The number of carbonyl (C=O) groups is 1. The summed E-state index contributed by atoms with van der Waals surface area (Å²) < 4.78 is 0. The lowest BCUT2D eigenvalue weighted by molar-refractivity contribution is 0.0939. The zero-order valence-electron chi connectivity index (χ0n) is 10.6. The standard InChI is InChI=1S/C14H17N3O/c1-3-10(2)17-14(18)12-6-4-5-11(7-12)13-8-15-16-9-13/h4-10H,3H2,1-2H3,(H,15,16)(H,17,18). The van der Waals surface area contributed by atoms with Gasteiger partial charge in [0.05, 0.1) is 6.20 Å². The molecule has 0 spiro atoms. The third-order valence-corrected chi connectivity index (χ3v) is 2.95. The van der Waals surface area contributed by atoms with Crippen molar-refractivity contribution in [2.45, 2.75) is 26.3 Å². The number of hydrogen-bond donors (Lipinski definition) is 2. The Labute approximate surface area is 106 Å². The van der Waals surface area contributed by atoms with E-state index in [1.165, 1.54) is 0 Å². The summed E-state index contributed by atoms with van der Waals surface area (Å²) in [5, 5.41) is 9.63. The molecule has 0 saturated carbocycles. The Morgan fingerprint density at radius 2 is 2.28 bits per heavy atom. The third-order valence-electron chi connectivity index (χ3n) is 2.95. The number of aromatic nitrogens is 2. The van der Waals surface area contributed by atoms with Crippen molar-refractivity contribution in [3.8, 4) is 11.1 Å². The number of H-pyrrole nitrogens is 1. The number of aromatic amines is 1. The van der Waals surface area contributed by atoms with E-state index >= 15 is 0 Å². The molecule has 1 amide bonds. The summed E-state index contributed by atoms with van der Waals surface area (Å²) in [6, 6.07) is 7.73. The molecule has 0 aliphatic rings. The summed E-state index contributed by atoms with van der Waals surface area (Å²) in [6.45, 7) is 4.05. The predicted molar refractivity (Wildman–Crippen MR) is 71.2 cm³/mol. The van der Waals surface area contributed by atoms with Crippen LogP contribution in [-0.2, 0) is 0 Å². The number of rotatable bonds is 4. The van der Waals surface area contributed by atoms with Crippen molar-refractivity contribution in [3.63, 3.8) is 0 Å². The summed E-state index contributed by atoms with van der Waals surface area (Å²) in [6.07, 6.45) is 4.48. The molecule has 1 heterocycles. The second-order valence-electron chi connectivity index (χ2n) is 4.35. The third kappa shape index (κ3) is 2.77. The first-order valence-corrected chi connectivity index (χ1v) is 6.10. The van der Waals surface area contributed by atoms with Gasteiger partial charge in [-0.05, 0) is 31.0 Å². The van der Waals surface area contributed by atoms with E-state index < -0.39 is 0 Å². The minimum atomic E-state index is -0.0327. The summed E-state index contributed by atoms with van der Waals surface area (Å²) >= 11 is 0. The second-order valence-corrected chi connectivity index (χ2v) is 4.35. The van der Waals surface area contributed by atoms with Gasteiger partial charge in [0.25, 0.3) is 5.91 Å². The number of carbonyl (C=O) groups excluding carboxylic acids is 1. The van der Waals surface area contributed by atoms with Gasteiger partial charge in [-0.3, -0.25) is 9.89 Å². The maximum absolute atomic E-state index is 12.0. The van der Waals surface area contributed by atoms with Gasteiger partial charge in [-0.15, -0.1) is 0 Å². The van der Waals surface area contributed by atoms with E-state index in [-0.39, 0.29) is 11.9 Å². The number of amides is 1. The molecular formula is C14H17N3O. The van der Waals surface area contributed by atoms with Crippen LogP contribution in [0, 0.1) is 0 Å². The second kappa shape index (κ2) is 5.49. The van der Waals surface area contributed by atoms with Gasteiger partial charge in [-0.25, -0.2) is 0 Å². The van der Waals surface area contributed by atoms with Gasteiger partial charge in [0, 0.05) is 23.4 Å². The van der Waals surface area contributed by atoms with Crippen molar-refractivity contribution in [2.24, 2.45) is 0 Å². The quantitative estimate of drug-likeness (QED) is 0.867. The van der Waals surface area contributed by atoms with Crippen molar-refractivity contribution in [1.82, 2.24) is 15.5 Å². The van der Waals surface area contributed by atoms with Gasteiger partial charge < -0.3 is 5.32 Å². The Hall–Kier alpha value is -2.10. The molecule has 0 fully saturated rings. The first kappa shape index (κ1) is 12.4. The summed E-state index contributed by atoms with van der Waals surface area (Å²) in [4.78, 5) is 12.0. The minimum Gasteiger partial charge on any atom is -0.350 e. The van der Waals surface area contributed by atoms with Crippen molar-refractivity contribution in [1.29, 1.82) is 0 Å². The van der Waals surface area contributed by atoms with E-state index in [0.29, 0.717) is 5.56 Å². The van der Waals surface area contributed by atoms with E-state index in [1.807, 2.05) is 44.3 Å². The Balaban J connectivity index is 2.20. The first-order valence-electron chi connectivity index (χ1n) is 6.10. The van der Waals surface area contributed by atoms with Crippen molar-refractivity contribution >= 4 is 5.91 Å². The average Bonchev–Trinajstić information content (AvgIpc) is 2.92. The van der Waals surface area contributed by atoms with Gasteiger partial charge in [0.15, 0.2) is 0 Å². The van der Waals surface area contributed by atoms with Gasteiger partial charge in [0.2, 0.25) is 0 Å². The Bertz CT molecular complexity index is 520. The highest BCUT2D eigenvalue weighted by Crippen LogP contribution is 2.18. The molecule has 2 aromatic rings. The van der Waals surface area contributed by atoms with Crippen molar-refractivity contribution in [3.05, 3.63) is 42.2 Å². The van der Waals surface area contributed by atoms with E-state index in [9.17, 15) is 4.79 Å². The van der Waals surface area contributed by atoms with Gasteiger partial charge in [-0.2, -0.15) is 5.10 Å². The number of benzene rings is 1. The van der Waals surface area contributed by atoms with Crippen molar-refractivity contribution < 1.29 is 4.79 Å². The Morgan fingerprint density at radius 1 is 1.44 bits per heavy atom. The molecule has 1 aromatic carbocycles. The lowest BCUT2D eigenvalue weighted by Crippen LogP contribution is -2.31. The summed E-state index contributed by atoms with van der Waals surface area (Å²) in [5.41, 5.74) is 2.64. The highest BCUT2D eigenvalue weighted by atomic mass is 16.1. The van der Waals surface area contributed by atoms with Crippen LogP contribution in [0.4, 0.5) is 0 Å². The van der Waals surface area contributed by atoms with E-state index in [2.05, 4.69) is 15.5 Å². The van der Waals surface area contributed by atoms with Crippen LogP contribution in [0.3, 0.4) is 0 Å². The Morgan fingerprint density at radius 3 is 2.94 bits per heavy atom. The van der Waals surface area contributed by atoms with E-state index in [0.717, 1.165) is 17.5 Å². The lowest BCUT2D eigenvalue weighted by Gasteiger charge is -2.11. The minimum absolute atomic E-state index is 0.0327. The number of nitrogens with one attached hydrogen (secondary N) is 2. The van der Waals surface area contributed by atoms with Crippen LogP contribution < -0.4 is 5.32 Å². The zero-order chi connectivity index (χ0) is 13.0. The van der Waals surface area contributed by atoms with Crippen LogP contribution >= 0.6 is 0 Å². The Kier molecular flexibility index (Phi) is 3.77. The van der Waals surface area contributed by atoms with Crippen LogP contribution in [0.25, 0.3) is 11.1 Å². The first-order chi connectivity index (χ1) is 8.70. The summed E-state index contributed by atoms with van der Waals surface area (Å²) in [5.74, 6) is -0.0327. The molecule has 4 heteroatoms. The highest BCUT2D eigenvalue weighted by molar-refractivity contribution is 5.95. The van der Waals surface area contributed by atoms with Gasteiger partial charge in [0.1, 0.15) is 0 Å². The smallest absolute Gasteiger partial charge is 0.251 e. The van der Waals surface area contributed by atoms with E-state index in [1.54, 1.807) is 6.20 Å². The SMILES string of the molecule is CCC(C)NC(=O)c1cccc(-c2cn[nH]c2)c1. The fraction of sp³-hybridized carbons (Fsp3) is 0.286. The molecule has 1 unspecified atom stereocenters. The molecule has 0 bridgehead atoms. The molecule has 18 heavy (non-hydrogen) atoms. The lowest BCUT2D eigenvalue weighted by atomic mass is 10.1. The maximum Gasteiger partial charge on any atom is 0.251 e. The normalized spacial score (nSPS) is 12.1. The number of nitrogens with zero attached hydrogens (tertiary/aromatic N) is 1. The molecule has 2 N–H and O–H groups in total. The van der Waals surface area contributed by atoms with Crippen LogP contribution in [0.5, 0.6) is 0 Å². The fourth-order valence-electron chi connectivity index (χ4n) is 1.66. The number of hydrogen-bond acceptors (Lipinski definition) is 2. The molecule has 1 aromatic heterocycles. The molecule has 0 aliphatic carbocycles. The zero-order valence-corrected chi connectivity index (χ0v) is 10.6. The van der Waals surface area contributed by atoms with Gasteiger partial charge in [-0.1, -0.05) is 19.1 Å². The predicted octanol–water partition coefficient (Wildman–Crippen LogP) is 2.61. The molecule has 1 atom stereocenters. The monoisotopic (exact) mass is 243 g/mol. The van der Waals surface area contributed by atoms with E-state index in [4.69, 9.17) is 0 Å². The van der Waals surface area contributed by atoms with Crippen molar-refractivity contribution in [2.75, 3.05) is 0 Å². The summed E-state index contributed by atoms with van der Waals surface area (Å²) in [7, 11) is 0. The molecule has 0 radical (unpaired) electrons. The van der Waals surface area contributed by atoms with Crippen LogP contribution in [-0.4, -0.2) is 22.1 Å². The molecule has 4 nitrogen and oxygen atoms in total. The largest absolute Gasteiger partial charge is 0.350 e. The average molecular weight is 243 g/mol. The molecular weight excluding hydrogens is 226 g/mol. The molecule has 94 valence electrons. The highest BCUT2D eigenvalue weighted by Gasteiger charge is 2.09. The molecule has 2 rings (SSSR count). The molecule has 0 saturated heterocycles. The molecule has 0 aliphatic heterocycles. The van der Waals surface area contributed by atoms with Crippen LogP contribution in [0.15, 0.2) is 36.7 Å². The topological polar surface area (TPSA) is 57.8 Å². The van der Waals surface area contributed by atoms with Crippen LogP contribution in [0.1, 0.15) is 30.6 Å². The maximum atomic E-state index is 12.0.